The van der Waals surface area contributed by atoms with Crippen molar-refractivity contribution in [3.63, 3.8) is 0 Å². The SMILES string of the molecule is CCCOc1ccc(C(=O)CSc2ccccc2Cl)cc1. The van der Waals surface area contributed by atoms with Gasteiger partial charge in [0.15, 0.2) is 5.78 Å². The van der Waals surface area contributed by atoms with Crippen molar-refractivity contribution in [2.45, 2.75) is 18.2 Å². The Labute approximate surface area is 134 Å². The Bertz CT molecular complexity index is 596. The minimum Gasteiger partial charge on any atom is -0.494 e. The van der Waals surface area contributed by atoms with Crippen molar-refractivity contribution >= 4 is 29.1 Å². The number of hydrogen-bond donors (Lipinski definition) is 0. The zero-order valence-electron chi connectivity index (χ0n) is 11.8. The zero-order valence-corrected chi connectivity index (χ0v) is 13.4. The molecule has 2 aromatic rings. The van der Waals surface area contributed by atoms with Crippen LogP contribution in [0.1, 0.15) is 23.7 Å². The van der Waals surface area contributed by atoms with Crippen LogP contribution < -0.4 is 4.74 Å². The van der Waals surface area contributed by atoms with Crippen molar-refractivity contribution in [2.24, 2.45) is 0 Å². The monoisotopic (exact) mass is 320 g/mol. The van der Waals surface area contributed by atoms with Crippen LogP contribution >= 0.6 is 23.4 Å². The molecule has 0 saturated heterocycles. The van der Waals surface area contributed by atoms with Gasteiger partial charge in [-0.1, -0.05) is 30.7 Å². The second-order valence-corrected chi connectivity index (χ2v) is 5.94. The minimum absolute atomic E-state index is 0.0851. The van der Waals surface area contributed by atoms with E-state index in [-0.39, 0.29) is 5.78 Å². The second kappa shape index (κ2) is 8.11. The quantitative estimate of drug-likeness (QED) is 0.524. The minimum atomic E-state index is 0.0851. The van der Waals surface area contributed by atoms with Gasteiger partial charge in [0.05, 0.1) is 17.4 Å². The molecule has 2 rings (SSSR count). The van der Waals surface area contributed by atoms with Gasteiger partial charge < -0.3 is 4.74 Å². The van der Waals surface area contributed by atoms with E-state index in [2.05, 4.69) is 6.92 Å². The predicted molar refractivity (Wildman–Crippen MR) is 88.7 cm³/mol. The molecule has 21 heavy (non-hydrogen) atoms. The number of rotatable bonds is 7. The number of carbonyl (C=O) groups excluding carboxylic acids is 1. The van der Waals surface area contributed by atoms with Gasteiger partial charge >= 0.3 is 0 Å². The maximum atomic E-state index is 12.1. The van der Waals surface area contributed by atoms with Crippen molar-refractivity contribution in [2.75, 3.05) is 12.4 Å². The summed E-state index contributed by atoms with van der Waals surface area (Å²) < 4.78 is 5.50. The summed E-state index contributed by atoms with van der Waals surface area (Å²) in [7, 11) is 0. The average molecular weight is 321 g/mol. The predicted octanol–water partition coefficient (Wildman–Crippen LogP) is 5.10. The van der Waals surface area contributed by atoms with Crippen LogP contribution in [0.15, 0.2) is 53.4 Å². The summed E-state index contributed by atoms with van der Waals surface area (Å²) in [4.78, 5) is 13.1. The van der Waals surface area contributed by atoms with Crippen molar-refractivity contribution in [1.82, 2.24) is 0 Å². The summed E-state index contributed by atoms with van der Waals surface area (Å²) in [6.07, 6.45) is 0.967. The van der Waals surface area contributed by atoms with E-state index < -0.39 is 0 Å². The molecule has 0 aliphatic rings. The first-order valence-electron chi connectivity index (χ1n) is 6.84. The molecule has 0 aliphatic carbocycles. The van der Waals surface area contributed by atoms with Gasteiger partial charge in [-0.05, 0) is 42.8 Å². The second-order valence-electron chi connectivity index (χ2n) is 4.52. The fraction of sp³-hybridized carbons (Fsp3) is 0.235. The molecule has 110 valence electrons. The van der Waals surface area contributed by atoms with Gasteiger partial charge in [0.25, 0.3) is 0 Å². The summed E-state index contributed by atoms with van der Waals surface area (Å²) in [5, 5.41) is 0.679. The summed E-state index contributed by atoms with van der Waals surface area (Å²) >= 11 is 7.53. The molecule has 0 spiro atoms. The van der Waals surface area contributed by atoms with Gasteiger partial charge in [0.1, 0.15) is 5.75 Å². The normalized spacial score (nSPS) is 10.4. The highest BCUT2D eigenvalue weighted by atomic mass is 35.5. The van der Waals surface area contributed by atoms with Gasteiger partial charge in [-0.15, -0.1) is 11.8 Å². The maximum absolute atomic E-state index is 12.1. The molecule has 0 bridgehead atoms. The first-order valence-corrected chi connectivity index (χ1v) is 8.20. The van der Waals surface area contributed by atoms with Gasteiger partial charge in [0, 0.05) is 10.5 Å². The van der Waals surface area contributed by atoms with E-state index in [1.165, 1.54) is 11.8 Å². The van der Waals surface area contributed by atoms with Crippen molar-refractivity contribution < 1.29 is 9.53 Å². The van der Waals surface area contributed by atoms with Crippen molar-refractivity contribution in [1.29, 1.82) is 0 Å². The largest absolute Gasteiger partial charge is 0.494 e. The van der Waals surface area contributed by atoms with Crippen LogP contribution in [0.4, 0.5) is 0 Å². The first kappa shape index (κ1) is 15.9. The van der Waals surface area contributed by atoms with E-state index >= 15 is 0 Å². The Morgan fingerprint density at radius 3 is 2.52 bits per heavy atom. The van der Waals surface area contributed by atoms with E-state index in [9.17, 15) is 4.79 Å². The molecule has 4 heteroatoms. The van der Waals surface area contributed by atoms with E-state index in [1.807, 2.05) is 36.4 Å². The van der Waals surface area contributed by atoms with Crippen LogP contribution in [0, 0.1) is 0 Å². The third-order valence-electron chi connectivity index (χ3n) is 2.84. The Hall–Kier alpha value is -1.45. The van der Waals surface area contributed by atoms with Gasteiger partial charge in [0.2, 0.25) is 0 Å². The van der Waals surface area contributed by atoms with Crippen LogP contribution in [0.3, 0.4) is 0 Å². The lowest BCUT2D eigenvalue weighted by Crippen LogP contribution is -2.02. The topological polar surface area (TPSA) is 26.3 Å². The molecule has 0 saturated carbocycles. The van der Waals surface area contributed by atoms with Gasteiger partial charge in [-0.25, -0.2) is 0 Å². The smallest absolute Gasteiger partial charge is 0.173 e. The van der Waals surface area contributed by atoms with E-state index in [4.69, 9.17) is 16.3 Å². The van der Waals surface area contributed by atoms with E-state index in [0.29, 0.717) is 22.9 Å². The van der Waals surface area contributed by atoms with Gasteiger partial charge in [-0.2, -0.15) is 0 Å². The van der Waals surface area contributed by atoms with Crippen molar-refractivity contribution in [3.8, 4) is 5.75 Å². The fourth-order valence-corrected chi connectivity index (χ4v) is 2.88. The average Bonchev–Trinajstić information content (AvgIpc) is 2.52. The summed E-state index contributed by atoms with van der Waals surface area (Å²) in [5.74, 6) is 1.26. The molecule has 0 radical (unpaired) electrons. The van der Waals surface area contributed by atoms with E-state index in [0.717, 1.165) is 17.1 Å². The molecular formula is C17H17ClO2S. The van der Waals surface area contributed by atoms with Crippen LogP contribution in [-0.4, -0.2) is 18.1 Å². The Kier molecular flexibility index (Phi) is 6.15. The Morgan fingerprint density at radius 2 is 1.86 bits per heavy atom. The van der Waals surface area contributed by atoms with Crippen LogP contribution in [0.5, 0.6) is 5.75 Å². The highest BCUT2D eigenvalue weighted by molar-refractivity contribution is 8.00. The third-order valence-corrected chi connectivity index (χ3v) is 4.36. The zero-order chi connectivity index (χ0) is 15.1. The first-order chi connectivity index (χ1) is 10.2. The number of hydrogen-bond acceptors (Lipinski definition) is 3. The molecule has 0 heterocycles. The van der Waals surface area contributed by atoms with Crippen molar-refractivity contribution in [3.05, 3.63) is 59.1 Å². The molecule has 0 N–H and O–H groups in total. The third kappa shape index (κ3) is 4.80. The molecule has 0 fully saturated rings. The molecule has 0 aromatic heterocycles. The summed E-state index contributed by atoms with van der Waals surface area (Å²) in [6.45, 7) is 2.75. The van der Waals surface area contributed by atoms with Gasteiger partial charge in [-0.3, -0.25) is 4.79 Å². The number of ether oxygens (including phenoxy) is 1. The Morgan fingerprint density at radius 1 is 1.14 bits per heavy atom. The number of carbonyl (C=O) groups is 1. The van der Waals surface area contributed by atoms with Crippen LogP contribution in [0.2, 0.25) is 5.02 Å². The number of ketones is 1. The molecule has 0 unspecified atom stereocenters. The number of Topliss-reactive ketones (excluding diaryl/α,β-unsaturated/α-hetero) is 1. The Balaban J connectivity index is 1.93. The highest BCUT2D eigenvalue weighted by Gasteiger charge is 2.08. The molecule has 2 nitrogen and oxygen atoms in total. The van der Waals surface area contributed by atoms with Crippen LogP contribution in [0.25, 0.3) is 0 Å². The fourth-order valence-electron chi connectivity index (χ4n) is 1.75. The molecular weight excluding hydrogens is 304 g/mol. The number of benzene rings is 2. The number of halogens is 1. The molecule has 0 atom stereocenters. The summed E-state index contributed by atoms with van der Waals surface area (Å²) in [5.41, 5.74) is 0.693. The number of thioether (sulfide) groups is 1. The lowest BCUT2D eigenvalue weighted by molar-refractivity contribution is 0.102. The maximum Gasteiger partial charge on any atom is 0.173 e. The lowest BCUT2D eigenvalue weighted by atomic mass is 10.1. The standard InChI is InChI=1S/C17H17ClO2S/c1-2-11-20-14-9-7-13(8-10-14)16(19)12-21-17-6-4-3-5-15(17)18/h3-10H,2,11-12H2,1H3. The molecule has 0 aliphatic heterocycles. The summed E-state index contributed by atoms with van der Waals surface area (Å²) in [6, 6.07) is 14.8. The molecule has 2 aromatic carbocycles. The van der Waals surface area contributed by atoms with Crippen LogP contribution in [-0.2, 0) is 0 Å². The molecule has 0 amide bonds. The highest BCUT2D eigenvalue weighted by Crippen LogP contribution is 2.27. The van der Waals surface area contributed by atoms with E-state index in [1.54, 1.807) is 12.1 Å². The lowest BCUT2D eigenvalue weighted by Gasteiger charge is -2.06.